The second-order valence-electron chi connectivity index (χ2n) is 9.80. The van der Waals surface area contributed by atoms with E-state index in [1.54, 1.807) is 12.1 Å². The summed E-state index contributed by atoms with van der Waals surface area (Å²) in [7, 11) is 1.13. The average molecular weight is 486 g/mol. The molecule has 1 N–H and O–H groups in total. The fraction of sp³-hybridized carbons (Fsp3) is 0.407. The number of fused-ring (bicyclic) bond motifs is 1. The van der Waals surface area contributed by atoms with E-state index in [-0.39, 0.29) is 22.9 Å². The lowest BCUT2D eigenvalue weighted by Gasteiger charge is -2.31. The van der Waals surface area contributed by atoms with Crippen LogP contribution in [0.15, 0.2) is 60.8 Å². The molecule has 1 aliphatic carbocycles. The molecule has 8 heteroatoms. The molecule has 0 spiro atoms. The normalized spacial score (nSPS) is 20.2. The zero-order chi connectivity index (χ0) is 25.4. The number of alkyl halides is 3. The summed E-state index contributed by atoms with van der Waals surface area (Å²) >= 11 is 0. The summed E-state index contributed by atoms with van der Waals surface area (Å²) < 4.78 is 42.0. The quantitative estimate of drug-likeness (QED) is 0.573. The molecule has 4 rings (SSSR count). The van der Waals surface area contributed by atoms with Crippen LogP contribution < -0.4 is 5.32 Å². The van der Waals surface area contributed by atoms with Gasteiger partial charge in [0, 0.05) is 49.4 Å². The Balaban J connectivity index is 1.49. The van der Waals surface area contributed by atoms with Gasteiger partial charge in [0.05, 0.1) is 0 Å². The molecular weight excluding hydrogens is 455 g/mol. The molecule has 1 aliphatic heterocycles. The first kappa shape index (κ1) is 24.8. The lowest BCUT2D eigenvalue weighted by Crippen LogP contribution is -2.39. The van der Waals surface area contributed by atoms with Crippen molar-refractivity contribution in [3.05, 3.63) is 77.5 Å². The van der Waals surface area contributed by atoms with E-state index < -0.39 is 18.1 Å². The van der Waals surface area contributed by atoms with Crippen molar-refractivity contribution in [1.29, 1.82) is 0 Å². The minimum atomic E-state index is -4.66. The fourth-order valence-electron chi connectivity index (χ4n) is 5.04. The van der Waals surface area contributed by atoms with Crippen molar-refractivity contribution >= 4 is 17.5 Å². The van der Waals surface area contributed by atoms with Gasteiger partial charge in [-0.2, -0.15) is 13.2 Å². The Labute approximate surface area is 203 Å². The summed E-state index contributed by atoms with van der Waals surface area (Å²) in [6.45, 7) is 4.79. The van der Waals surface area contributed by atoms with Gasteiger partial charge in [0.25, 0.3) is 0 Å². The number of amides is 2. The van der Waals surface area contributed by atoms with Gasteiger partial charge in [0.15, 0.2) is 6.04 Å². The van der Waals surface area contributed by atoms with Gasteiger partial charge < -0.3 is 15.1 Å². The van der Waals surface area contributed by atoms with Gasteiger partial charge in [0.2, 0.25) is 11.8 Å². The second kappa shape index (κ2) is 9.40. The molecular formula is C27H30F3N3O2. The number of halogens is 3. The molecule has 1 fully saturated rings. The summed E-state index contributed by atoms with van der Waals surface area (Å²) in [5, 5.41) is 3.48. The number of rotatable bonds is 6. The third kappa shape index (κ3) is 5.06. The Kier molecular flexibility index (Phi) is 6.66. The van der Waals surface area contributed by atoms with Crippen molar-refractivity contribution in [2.24, 2.45) is 0 Å². The van der Waals surface area contributed by atoms with Crippen molar-refractivity contribution in [3.8, 4) is 0 Å². The van der Waals surface area contributed by atoms with Gasteiger partial charge in [-0.05, 0) is 41.7 Å². The predicted molar refractivity (Wildman–Crippen MR) is 129 cm³/mol. The molecule has 2 aromatic rings. The number of carbonyl (C=O) groups is 2. The number of hydrogen-bond acceptors (Lipinski definition) is 3. The number of nitrogens with zero attached hydrogens (tertiary/aromatic N) is 2. The van der Waals surface area contributed by atoms with Crippen LogP contribution in [0, 0.1) is 0 Å². The summed E-state index contributed by atoms with van der Waals surface area (Å²) in [5.41, 5.74) is 3.11. The highest BCUT2D eigenvalue weighted by Crippen LogP contribution is 2.41. The molecule has 2 amide bonds. The van der Waals surface area contributed by atoms with E-state index in [0.717, 1.165) is 25.2 Å². The van der Waals surface area contributed by atoms with E-state index in [1.165, 1.54) is 34.4 Å². The van der Waals surface area contributed by atoms with Gasteiger partial charge in [-0.1, -0.05) is 50.2 Å². The van der Waals surface area contributed by atoms with Crippen LogP contribution in [0.1, 0.15) is 49.4 Å². The molecule has 2 aromatic carbocycles. The van der Waals surface area contributed by atoms with Crippen LogP contribution in [0.4, 0.5) is 18.9 Å². The smallest absolute Gasteiger partial charge is 0.381 e. The minimum absolute atomic E-state index is 0.0292. The number of likely N-dealkylation sites (tertiary alicyclic amines) is 1. The van der Waals surface area contributed by atoms with Crippen molar-refractivity contribution < 1.29 is 22.8 Å². The van der Waals surface area contributed by atoms with Gasteiger partial charge in [-0.3, -0.25) is 9.59 Å². The molecule has 0 bridgehead atoms. The molecule has 1 unspecified atom stereocenters. The first-order chi connectivity index (χ1) is 16.5. The number of carbonyl (C=O) groups excluding carboxylic acids is 2. The van der Waals surface area contributed by atoms with Crippen molar-refractivity contribution in [2.45, 2.75) is 56.8 Å². The van der Waals surface area contributed by atoms with E-state index in [1.807, 2.05) is 12.1 Å². The number of anilines is 1. The van der Waals surface area contributed by atoms with E-state index in [2.05, 4.69) is 31.3 Å². The van der Waals surface area contributed by atoms with E-state index in [0.29, 0.717) is 24.3 Å². The minimum Gasteiger partial charge on any atom is -0.381 e. The molecule has 0 radical (unpaired) electrons. The Morgan fingerprint density at radius 2 is 1.86 bits per heavy atom. The second-order valence-corrected chi connectivity index (χ2v) is 9.80. The molecule has 1 saturated heterocycles. The standard InChI is InChI=1S/C27H30F3N3O2/c1-26(2)21-8-5-4-7-19(21)17-22(26)31-20-12-10-18(11-13-20)25(27(28,29)30)32(3)23(34)14-16-33-15-6-9-24(33)35/h4-5,7-8,10-14,16,22,25,31H,6,9,15,17H2,1-3H3/t22?,25-/m0/s1. The molecule has 35 heavy (non-hydrogen) atoms. The van der Waals surface area contributed by atoms with E-state index in [4.69, 9.17) is 0 Å². The maximum atomic E-state index is 14.0. The van der Waals surface area contributed by atoms with Crippen LogP contribution in [-0.4, -0.2) is 47.4 Å². The van der Waals surface area contributed by atoms with Gasteiger partial charge in [-0.15, -0.1) is 0 Å². The molecule has 2 atom stereocenters. The van der Waals surface area contributed by atoms with Gasteiger partial charge in [0.1, 0.15) is 0 Å². The van der Waals surface area contributed by atoms with Crippen LogP contribution in [0.5, 0.6) is 0 Å². The fourth-order valence-corrected chi connectivity index (χ4v) is 5.04. The Morgan fingerprint density at radius 1 is 1.17 bits per heavy atom. The number of nitrogens with one attached hydrogen (secondary N) is 1. The predicted octanol–water partition coefficient (Wildman–Crippen LogP) is 5.20. The van der Waals surface area contributed by atoms with Crippen molar-refractivity contribution in [3.63, 3.8) is 0 Å². The number of benzene rings is 2. The molecule has 1 heterocycles. The topological polar surface area (TPSA) is 52.7 Å². The average Bonchev–Trinajstić information content (AvgIpc) is 3.32. The SMILES string of the molecule is CN(C(=O)C=CN1CCCC1=O)[C@@H](c1ccc(NC2Cc3ccccc3C2(C)C)cc1)C(F)(F)F. The lowest BCUT2D eigenvalue weighted by atomic mass is 9.83. The first-order valence-corrected chi connectivity index (χ1v) is 11.7. The molecule has 186 valence electrons. The van der Waals surface area contributed by atoms with E-state index >= 15 is 0 Å². The maximum absolute atomic E-state index is 14.0. The van der Waals surface area contributed by atoms with Gasteiger partial charge >= 0.3 is 6.18 Å². The number of hydrogen-bond donors (Lipinski definition) is 1. The third-order valence-electron chi connectivity index (χ3n) is 7.13. The van der Waals surface area contributed by atoms with Crippen LogP contribution in [0.2, 0.25) is 0 Å². The molecule has 2 aliphatic rings. The lowest BCUT2D eigenvalue weighted by molar-refractivity contribution is -0.186. The third-order valence-corrected chi connectivity index (χ3v) is 7.13. The van der Waals surface area contributed by atoms with Crippen molar-refractivity contribution in [1.82, 2.24) is 9.80 Å². The largest absolute Gasteiger partial charge is 0.413 e. The molecule has 0 saturated carbocycles. The first-order valence-electron chi connectivity index (χ1n) is 11.7. The van der Waals surface area contributed by atoms with Crippen LogP contribution in [0.3, 0.4) is 0 Å². The Hall–Kier alpha value is -3.29. The highest BCUT2D eigenvalue weighted by Gasteiger charge is 2.45. The summed E-state index contributed by atoms with van der Waals surface area (Å²) in [6, 6.07) is 12.3. The molecule has 0 aromatic heterocycles. The summed E-state index contributed by atoms with van der Waals surface area (Å²) in [5.74, 6) is -0.958. The summed E-state index contributed by atoms with van der Waals surface area (Å²) in [6.07, 6.45) is -0.481. The van der Waals surface area contributed by atoms with Gasteiger partial charge in [-0.25, -0.2) is 0 Å². The van der Waals surface area contributed by atoms with Crippen molar-refractivity contribution in [2.75, 3.05) is 18.9 Å². The zero-order valence-corrected chi connectivity index (χ0v) is 20.1. The van der Waals surface area contributed by atoms with Crippen LogP contribution in [-0.2, 0) is 21.4 Å². The maximum Gasteiger partial charge on any atom is 0.413 e. The monoisotopic (exact) mass is 485 g/mol. The summed E-state index contributed by atoms with van der Waals surface area (Å²) in [4.78, 5) is 26.2. The Morgan fingerprint density at radius 3 is 2.46 bits per heavy atom. The zero-order valence-electron chi connectivity index (χ0n) is 20.1. The number of likely N-dealkylation sites (N-methyl/N-ethyl adjacent to an activating group) is 1. The molecule has 5 nitrogen and oxygen atoms in total. The van der Waals surface area contributed by atoms with E-state index in [9.17, 15) is 22.8 Å². The Bertz CT molecular complexity index is 1130. The highest BCUT2D eigenvalue weighted by atomic mass is 19.4. The highest BCUT2D eigenvalue weighted by molar-refractivity contribution is 5.89. The van der Waals surface area contributed by atoms with Crippen LogP contribution in [0.25, 0.3) is 0 Å². The van der Waals surface area contributed by atoms with Crippen LogP contribution >= 0.6 is 0 Å².